The molecule has 0 amide bonds. The predicted molar refractivity (Wildman–Crippen MR) is 90.3 cm³/mol. The lowest BCUT2D eigenvalue weighted by Gasteiger charge is -2.23. The molecule has 1 saturated heterocycles. The molecular formula is C16H23NO2SSi. The van der Waals surface area contributed by atoms with Crippen LogP contribution in [0.4, 0.5) is 0 Å². The zero-order valence-electron chi connectivity index (χ0n) is 13.2. The van der Waals surface area contributed by atoms with Crippen molar-refractivity contribution in [2.45, 2.75) is 37.9 Å². The van der Waals surface area contributed by atoms with E-state index in [4.69, 9.17) is 0 Å². The quantitative estimate of drug-likeness (QED) is 0.796. The fourth-order valence-electron chi connectivity index (χ4n) is 2.33. The van der Waals surface area contributed by atoms with Crippen LogP contribution in [-0.4, -0.2) is 27.3 Å². The standard InChI is InChI=1S/C16H23NO2SSi/c1-13-6-8-15(9-7-13)20(18,19)17-11-10-14(2)16(17)12-21(3,4)5/h6-9,12H,2,10-11H2,1,3-5H3/b16-12+. The van der Waals surface area contributed by atoms with E-state index < -0.39 is 18.1 Å². The Morgan fingerprint density at radius 3 is 2.29 bits per heavy atom. The monoisotopic (exact) mass is 321 g/mol. The average molecular weight is 322 g/mol. The molecule has 3 nitrogen and oxygen atoms in total. The van der Waals surface area contributed by atoms with Crippen LogP contribution in [0.2, 0.25) is 19.6 Å². The normalized spacial score (nSPS) is 18.6. The van der Waals surface area contributed by atoms with E-state index in [9.17, 15) is 8.42 Å². The summed E-state index contributed by atoms with van der Waals surface area (Å²) in [7, 11) is -5.01. The van der Waals surface area contributed by atoms with Crippen LogP contribution in [-0.2, 0) is 10.0 Å². The third-order valence-electron chi connectivity index (χ3n) is 3.43. The van der Waals surface area contributed by atoms with Gasteiger partial charge < -0.3 is 0 Å². The fourth-order valence-corrected chi connectivity index (χ4v) is 5.11. The van der Waals surface area contributed by atoms with Crippen LogP contribution in [0, 0.1) is 6.92 Å². The first-order valence-electron chi connectivity index (χ1n) is 7.12. The van der Waals surface area contributed by atoms with Crippen LogP contribution in [0.1, 0.15) is 12.0 Å². The lowest BCUT2D eigenvalue weighted by molar-refractivity contribution is 0.511. The molecule has 0 bridgehead atoms. The van der Waals surface area contributed by atoms with Gasteiger partial charge in [0.15, 0.2) is 0 Å². The maximum atomic E-state index is 12.8. The van der Waals surface area contributed by atoms with Crippen molar-refractivity contribution in [2.75, 3.05) is 6.54 Å². The number of sulfonamides is 1. The van der Waals surface area contributed by atoms with Crippen molar-refractivity contribution in [1.82, 2.24) is 4.31 Å². The molecule has 0 radical (unpaired) electrons. The summed E-state index contributed by atoms with van der Waals surface area (Å²) in [6.45, 7) is 13.1. The van der Waals surface area contributed by atoms with Gasteiger partial charge in [-0.1, -0.05) is 49.6 Å². The van der Waals surface area contributed by atoms with E-state index in [-0.39, 0.29) is 0 Å². The minimum Gasteiger partial charge on any atom is -0.266 e. The molecule has 1 fully saturated rings. The Morgan fingerprint density at radius 1 is 1.19 bits per heavy atom. The Labute approximate surface area is 129 Å². The van der Waals surface area contributed by atoms with Gasteiger partial charge in [-0.15, -0.1) is 0 Å². The van der Waals surface area contributed by atoms with Gasteiger partial charge in [0.05, 0.1) is 13.0 Å². The highest BCUT2D eigenvalue weighted by atomic mass is 32.2. The van der Waals surface area contributed by atoms with Crippen LogP contribution in [0.3, 0.4) is 0 Å². The van der Waals surface area contributed by atoms with Crippen LogP contribution in [0.5, 0.6) is 0 Å². The van der Waals surface area contributed by atoms with E-state index in [0.717, 1.165) is 16.8 Å². The molecule has 0 aromatic heterocycles. The van der Waals surface area contributed by atoms with Crippen molar-refractivity contribution in [3.63, 3.8) is 0 Å². The summed E-state index contributed by atoms with van der Waals surface area (Å²) in [6, 6.07) is 7.02. The molecule has 114 valence electrons. The first kappa shape index (κ1) is 16.0. The highest BCUT2D eigenvalue weighted by Gasteiger charge is 2.33. The molecule has 0 spiro atoms. The number of rotatable bonds is 3. The van der Waals surface area contributed by atoms with Gasteiger partial charge >= 0.3 is 0 Å². The summed E-state index contributed by atoms with van der Waals surface area (Å²) in [6.07, 6.45) is 0.710. The Bertz CT molecular complexity index is 682. The van der Waals surface area contributed by atoms with Crippen LogP contribution < -0.4 is 0 Å². The van der Waals surface area contributed by atoms with Crippen molar-refractivity contribution >= 4 is 18.1 Å². The van der Waals surface area contributed by atoms with Crippen molar-refractivity contribution in [1.29, 1.82) is 0 Å². The van der Waals surface area contributed by atoms with E-state index in [1.165, 1.54) is 4.31 Å². The molecule has 0 aliphatic carbocycles. The molecule has 2 rings (SSSR count). The minimum atomic E-state index is -3.48. The van der Waals surface area contributed by atoms with Gasteiger partial charge in [-0.25, -0.2) is 8.42 Å². The molecule has 1 aromatic rings. The van der Waals surface area contributed by atoms with Gasteiger partial charge in [-0.05, 0) is 31.1 Å². The number of allylic oxidation sites excluding steroid dienone is 1. The summed E-state index contributed by atoms with van der Waals surface area (Å²) in [5.74, 6) is 0. The third-order valence-corrected chi connectivity index (χ3v) is 6.39. The average Bonchev–Trinajstić information content (AvgIpc) is 2.70. The second kappa shape index (κ2) is 5.46. The molecule has 5 heteroatoms. The highest BCUT2D eigenvalue weighted by Crippen LogP contribution is 2.33. The van der Waals surface area contributed by atoms with Gasteiger partial charge in [-0.2, -0.15) is 0 Å². The largest absolute Gasteiger partial charge is 0.266 e. The minimum absolute atomic E-state index is 0.351. The zero-order valence-corrected chi connectivity index (χ0v) is 15.0. The smallest absolute Gasteiger partial charge is 0.264 e. The van der Waals surface area contributed by atoms with Gasteiger partial charge in [-0.3, -0.25) is 4.31 Å². The summed E-state index contributed by atoms with van der Waals surface area (Å²) in [5, 5.41) is 0. The number of aryl methyl sites for hydroxylation is 1. The first-order valence-corrected chi connectivity index (χ1v) is 12.1. The molecule has 1 aliphatic heterocycles. The lowest BCUT2D eigenvalue weighted by atomic mass is 10.2. The second-order valence-electron chi connectivity index (χ2n) is 6.64. The third kappa shape index (κ3) is 3.47. The van der Waals surface area contributed by atoms with Crippen molar-refractivity contribution in [2.24, 2.45) is 0 Å². The summed E-state index contributed by atoms with van der Waals surface area (Å²) < 4.78 is 27.2. The van der Waals surface area contributed by atoms with E-state index in [1.807, 2.05) is 19.1 Å². The fraction of sp³-hybridized carbons (Fsp3) is 0.375. The van der Waals surface area contributed by atoms with E-state index >= 15 is 0 Å². The zero-order chi connectivity index (χ0) is 15.8. The molecule has 0 unspecified atom stereocenters. The predicted octanol–water partition coefficient (Wildman–Crippen LogP) is 3.71. The van der Waals surface area contributed by atoms with Gasteiger partial charge in [0.1, 0.15) is 0 Å². The number of nitrogens with zero attached hydrogens (tertiary/aromatic N) is 1. The topological polar surface area (TPSA) is 37.4 Å². The van der Waals surface area contributed by atoms with Crippen molar-refractivity contribution < 1.29 is 8.42 Å². The molecular weight excluding hydrogens is 298 g/mol. The Balaban J connectivity index is 2.46. The van der Waals surface area contributed by atoms with Gasteiger partial charge in [0.25, 0.3) is 10.0 Å². The summed E-state index contributed by atoms with van der Waals surface area (Å²) in [5.41, 5.74) is 4.91. The lowest BCUT2D eigenvalue weighted by Crippen LogP contribution is -2.29. The molecule has 0 N–H and O–H groups in total. The van der Waals surface area contributed by atoms with E-state index in [0.29, 0.717) is 17.9 Å². The van der Waals surface area contributed by atoms with Crippen LogP contribution >= 0.6 is 0 Å². The number of hydrogen-bond donors (Lipinski definition) is 0. The molecule has 1 aromatic carbocycles. The SMILES string of the molecule is C=C1CCN(S(=O)(=O)c2ccc(C)cc2)/C1=C/[Si](C)(C)C. The van der Waals surface area contributed by atoms with Gasteiger partial charge in [0, 0.05) is 12.2 Å². The van der Waals surface area contributed by atoms with Gasteiger partial charge in [0.2, 0.25) is 0 Å². The molecule has 0 saturated carbocycles. The van der Waals surface area contributed by atoms with Crippen LogP contribution in [0.15, 0.2) is 52.7 Å². The molecule has 0 atom stereocenters. The molecule has 1 heterocycles. The number of hydrogen-bond acceptors (Lipinski definition) is 2. The Hall–Kier alpha value is -1.33. The van der Waals surface area contributed by atoms with Crippen LogP contribution in [0.25, 0.3) is 0 Å². The second-order valence-corrected chi connectivity index (χ2v) is 13.5. The van der Waals surface area contributed by atoms with Crippen molar-refractivity contribution in [3.05, 3.63) is 53.4 Å². The van der Waals surface area contributed by atoms with E-state index in [1.54, 1.807) is 12.1 Å². The maximum absolute atomic E-state index is 12.8. The summed E-state index contributed by atoms with van der Waals surface area (Å²) >= 11 is 0. The highest BCUT2D eigenvalue weighted by molar-refractivity contribution is 7.89. The molecule has 1 aliphatic rings. The first-order chi connectivity index (χ1) is 9.61. The summed E-state index contributed by atoms with van der Waals surface area (Å²) in [4.78, 5) is 0.351. The Kier molecular flexibility index (Phi) is 4.17. The Morgan fingerprint density at radius 2 is 1.76 bits per heavy atom. The number of benzene rings is 1. The molecule has 21 heavy (non-hydrogen) atoms. The van der Waals surface area contributed by atoms with E-state index in [2.05, 4.69) is 31.9 Å². The van der Waals surface area contributed by atoms with Crippen molar-refractivity contribution in [3.8, 4) is 0 Å². The maximum Gasteiger partial charge on any atom is 0.264 e.